The van der Waals surface area contributed by atoms with Crippen molar-refractivity contribution in [2.45, 2.75) is 3.74 Å². The van der Waals surface area contributed by atoms with Gasteiger partial charge in [-0.1, -0.05) is 0 Å². The van der Waals surface area contributed by atoms with E-state index in [9.17, 15) is 13.2 Å². The third-order valence-corrected chi connectivity index (χ3v) is 0. The second-order valence-electron chi connectivity index (χ2n) is 0.542. The molecule has 0 heterocycles. The average molecular weight is 277 g/mol. The third-order valence-electron chi connectivity index (χ3n) is 0. The standard InChI is InChI=1S/CF3.Pb.H/c2-1(3)4;;. The molecule has 0 amide bonds. The van der Waals surface area contributed by atoms with E-state index in [-0.39, 0.29) is 0 Å². The summed E-state index contributed by atoms with van der Waals surface area (Å²) in [4.78, 5) is 0. The zero-order valence-corrected chi connectivity index (χ0v) is 6.70. The predicted octanol–water partition coefficient (Wildman–Crippen LogP) is 0.407. The summed E-state index contributed by atoms with van der Waals surface area (Å²) in [7, 11) is 0. The molecule has 0 nitrogen and oxygen atoms in total. The summed E-state index contributed by atoms with van der Waals surface area (Å²) in [5.41, 5.74) is 0. The summed E-state index contributed by atoms with van der Waals surface area (Å²) in [5.74, 6) is 0. The van der Waals surface area contributed by atoms with E-state index in [2.05, 4.69) is 0 Å². The van der Waals surface area contributed by atoms with Crippen LogP contribution in [0.15, 0.2) is 0 Å². The molecular weight excluding hydrogens is 276 g/mol. The van der Waals surface area contributed by atoms with Gasteiger partial charge in [0.2, 0.25) is 0 Å². The minimum absolute atomic E-state index is 0.868. The molecule has 0 atom stereocenters. The molecule has 0 fully saturated rings. The van der Waals surface area contributed by atoms with Crippen molar-refractivity contribution < 1.29 is 13.2 Å². The van der Waals surface area contributed by atoms with Gasteiger partial charge in [0, 0.05) is 0 Å². The Morgan fingerprint density at radius 2 is 1.20 bits per heavy atom. The maximum absolute atomic E-state index is 10.4. The van der Waals surface area contributed by atoms with Crippen LogP contribution in [0.4, 0.5) is 13.2 Å². The molecule has 0 aromatic carbocycles. The zero-order valence-electron chi connectivity index (χ0n) is 2.21. The van der Waals surface area contributed by atoms with Gasteiger partial charge < -0.3 is 0 Å². The Morgan fingerprint density at radius 1 is 1.20 bits per heavy atom. The van der Waals surface area contributed by atoms with Crippen molar-refractivity contribution in [1.82, 2.24) is 0 Å². The van der Waals surface area contributed by atoms with Gasteiger partial charge in [-0.25, -0.2) is 0 Å². The van der Waals surface area contributed by atoms with Crippen LogP contribution in [-0.2, 0) is 0 Å². The van der Waals surface area contributed by atoms with Crippen LogP contribution in [0.5, 0.6) is 0 Å². The van der Waals surface area contributed by atoms with Crippen molar-refractivity contribution >= 4 is 25.8 Å². The van der Waals surface area contributed by atoms with Gasteiger partial charge in [0.15, 0.2) is 0 Å². The molecule has 0 bridgehead atoms. The van der Waals surface area contributed by atoms with Gasteiger partial charge in [0.05, 0.1) is 0 Å². The predicted molar refractivity (Wildman–Crippen MR) is 13.2 cm³/mol. The molecule has 0 aliphatic carbocycles. The summed E-state index contributed by atoms with van der Waals surface area (Å²) in [5, 5.41) is 0. The molecule has 4 heteroatoms. The van der Waals surface area contributed by atoms with Crippen molar-refractivity contribution in [3.05, 3.63) is 0 Å². The Labute approximate surface area is 43.0 Å². The monoisotopic (exact) mass is 278 g/mol. The Bertz CT molecular complexity index is 22.4. The van der Waals surface area contributed by atoms with Gasteiger partial charge in [0.1, 0.15) is 0 Å². The molecule has 0 aromatic heterocycles. The topological polar surface area (TPSA) is 0 Å². The van der Waals surface area contributed by atoms with Crippen molar-refractivity contribution in [2.75, 3.05) is 0 Å². The third kappa shape index (κ3) is 68.4. The summed E-state index contributed by atoms with van der Waals surface area (Å²) in [6, 6.07) is 0. The number of hydrogen-bond donors (Lipinski definition) is 0. The first kappa shape index (κ1) is 5.71. The molecule has 0 aromatic rings. The van der Waals surface area contributed by atoms with E-state index < -0.39 is 29.5 Å². The molecular formula is CHF3Pb. The van der Waals surface area contributed by atoms with Crippen molar-refractivity contribution in [3.8, 4) is 0 Å². The van der Waals surface area contributed by atoms with Crippen molar-refractivity contribution in [3.63, 3.8) is 0 Å². The first-order chi connectivity index (χ1) is 2.00. The summed E-state index contributed by atoms with van der Waals surface area (Å²) in [6.45, 7) is 0. The summed E-state index contributed by atoms with van der Waals surface area (Å²) >= 11 is -0.868. The van der Waals surface area contributed by atoms with Crippen molar-refractivity contribution in [2.24, 2.45) is 0 Å². The zero-order chi connectivity index (χ0) is 4.50. The van der Waals surface area contributed by atoms with Gasteiger partial charge in [-0.15, -0.1) is 0 Å². The first-order valence-corrected chi connectivity index (χ1v) is 3.10. The van der Waals surface area contributed by atoms with Crippen LogP contribution < -0.4 is 0 Å². The Balaban J connectivity index is 3.02. The van der Waals surface area contributed by atoms with Crippen LogP contribution in [0.25, 0.3) is 0 Å². The van der Waals surface area contributed by atoms with E-state index in [0.29, 0.717) is 0 Å². The SMILES string of the molecule is F[C](F)(F)[PbH]. The summed E-state index contributed by atoms with van der Waals surface area (Å²) < 4.78 is 27.5. The van der Waals surface area contributed by atoms with Gasteiger partial charge in [-0.2, -0.15) is 0 Å². The Kier molecular flexibility index (Phi) is 1.65. The molecule has 5 heavy (non-hydrogen) atoms. The number of halogens is 3. The van der Waals surface area contributed by atoms with Gasteiger partial charge >= 0.3 is 42.7 Å². The van der Waals surface area contributed by atoms with Crippen LogP contribution in [-0.4, -0.2) is 29.5 Å². The van der Waals surface area contributed by atoms with Crippen LogP contribution >= 0.6 is 0 Å². The molecule has 0 saturated heterocycles. The molecule has 30 valence electrons. The number of alkyl halides is 3. The molecule has 0 aliphatic rings. The minimum atomic E-state index is -3.83. The van der Waals surface area contributed by atoms with E-state index in [1.807, 2.05) is 0 Å². The fraction of sp³-hybridized carbons (Fsp3) is 1.00. The van der Waals surface area contributed by atoms with E-state index in [1.54, 1.807) is 0 Å². The average Bonchev–Trinajstić information content (AvgIpc) is 0.722. The Hall–Kier alpha value is 0.712. The first-order valence-electron chi connectivity index (χ1n) is 0.856. The Morgan fingerprint density at radius 3 is 1.20 bits per heavy atom. The van der Waals surface area contributed by atoms with Gasteiger partial charge in [-0.05, 0) is 0 Å². The normalized spacial score (nSPS) is 12.0. The number of hydrogen-bond acceptors (Lipinski definition) is 0. The van der Waals surface area contributed by atoms with E-state index in [4.69, 9.17) is 0 Å². The van der Waals surface area contributed by atoms with E-state index in [0.717, 1.165) is 0 Å². The molecule has 0 N–H and O–H groups in total. The van der Waals surface area contributed by atoms with E-state index in [1.165, 1.54) is 0 Å². The van der Waals surface area contributed by atoms with Crippen LogP contribution in [0, 0.1) is 0 Å². The fourth-order valence-corrected chi connectivity index (χ4v) is 0. The molecule has 0 aliphatic heterocycles. The fourth-order valence-electron chi connectivity index (χ4n) is 0. The van der Waals surface area contributed by atoms with Crippen LogP contribution in [0.1, 0.15) is 0 Å². The molecule has 0 saturated carbocycles. The summed E-state index contributed by atoms with van der Waals surface area (Å²) in [6.07, 6.45) is 0. The second-order valence-corrected chi connectivity index (χ2v) is 3.09. The van der Waals surface area contributed by atoms with Gasteiger partial charge in [-0.3, -0.25) is 0 Å². The molecule has 0 rings (SSSR count). The van der Waals surface area contributed by atoms with E-state index >= 15 is 0 Å². The molecule has 0 unspecified atom stereocenters. The van der Waals surface area contributed by atoms with Gasteiger partial charge in [0.25, 0.3) is 0 Å². The van der Waals surface area contributed by atoms with Crippen LogP contribution in [0.3, 0.4) is 0 Å². The van der Waals surface area contributed by atoms with Crippen LogP contribution in [0.2, 0.25) is 0 Å². The quantitative estimate of drug-likeness (QED) is 0.563. The number of rotatable bonds is 0. The maximum atomic E-state index is 10.4. The molecule has 0 spiro atoms. The second kappa shape index (κ2) is 1.44. The molecule has 2 radical (unpaired) electrons. The van der Waals surface area contributed by atoms with Crippen molar-refractivity contribution in [1.29, 1.82) is 0 Å².